The molecule has 2 atom stereocenters. The van der Waals surface area contributed by atoms with E-state index in [0.717, 1.165) is 43.5 Å². The minimum Gasteiger partial charge on any atom is -0.497 e. The van der Waals surface area contributed by atoms with Gasteiger partial charge in [0.05, 0.1) is 33.0 Å². The van der Waals surface area contributed by atoms with Crippen LogP contribution in [0, 0.1) is 0 Å². The van der Waals surface area contributed by atoms with Gasteiger partial charge in [0.2, 0.25) is 0 Å². The highest BCUT2D eigenvalue weighted by Gasteiger charge is 2.27. The summed E-state index contributed by atoms with van der Waals surface area (Å²) in [5.74, 6) is 3.05. The van der Waals surface area contributed by atoms with Crippen LogP contribution in [0.4, 0.5) is 0 Å². The van der Waals surface area contributed by atoms with Crippen LogP contribution < -0.4 is 14.8 Å². The Balaban J connectivity index is 0.00000363. The molecule has 1 fully saturated rings. The average molecular weight is 556 g/mol. The molecule has 2 unspecified atom stereocenters. The van der Waals surface area contributed by atoms with Gasteiger partial charge in [0, 0.05) is 50.4 Å². The first kappa shape index (κ1) is 26.2. The zero-order chi connectivity index (χ0) is 22.4. The number of guanidine groups is 1. The molecule has 3 rings (SSSR count). The number of nitrogens with one attached hydrogen (secondary N) is 1. The van der Waals surface area contributed by atoms with E-state index in [4.69, 9.17) is 14.5 Å². The second kappa shape index (κ2) is 12.3. The van der Waals surface area contributed by atoms with E-state index >= 15 is 0 Å². The van der Waals surface area contributed by atoms with Crippen LogP contribution in [0.25, 0.3) is 0 Å². The van der Waals surface area contributed by atoms with Gasteiger partial charge in [0.25, 0.3) is 0 Å². The zero-order valence-electron chi connectivity index (χ0n) is 20.0. The number of rotatable bonds is 8. The number of methoxy groups -OCH3 is 2. The Morgan fingerprint density at radius 1 is 1.25 bits per heavy atom. The molecule has 0 amide bonds. The predicted molar refractivity (Wildman–Crippen MR) is 140 cm³/mol. The molecule has 1 N–H and O–H groups in total. The Morgan fingerprint density at radius 2 is 1.94 bits per heavy atom. The standard InChI is InChI=1S/C23H36N6O2.HI/c1-7-24-23(25-14-22(27(2)3)19-13-26-28(4)15-19)29-9-8-17(16-29)18-10-20(30-5)12-21(11-18)31-6;/h10-13,15,17,22H,7-9,14,16H2,1-6H3,(H,24,25);1H. The topological polar surface area (TPSA) is 67.2 Å². The SMILES string of the molecule is CCNC(=NCC(c1cnn(C)c1)N(C)C)N1CCC(c2cc(OC)cc(OC)c2)C1.I. The maximum Gasteiger partial charge on any atom is 0.194 e. The third-order valence-corrected chi connectivity index (χ3v) is 5.81. The van der Waals surface area contributed by atoms with Gasteiger partial charge < -0.3 is 24.6 Å². The monoisotopic (exact) mass is 556 g/mol. The van der Waals surface area contributed by atoms with E-state index in [0.29, 0.717) is 12.5 Å². The molecule has 9 heteroatoms. The smallest absolute Gasteiger partial charge is 0.194 e. The number of aryl methyl sites for hydroxylation is 1. The van der Waals surface area contributed by atoms with Crippen LogP contribution in [0.3, 0.4) is 0 Å². The molecule has 1 aliphatic rings. The summed E-state index contributed by atoms with van der Waals surface area (Å²) < 4.78 is 12.8. The lowest BCUT2D eigenvalue weighted by Gasteiger charge is -2.25. The number of aromatic nitrogens is 2. The molecule has 1 saturated heterocycles. The van der Waals surface area contributed by atoms with Crippen LogP contribution in [0.5, 0.6) is 11.5 Å². The first-order valence-corrected chi connectivity index (χ1v) is 10.9. The van der Waals surface area contributed by atoms with Gasteiger partial charge in [-0.2, -0.15) is 5.10 Å². The van der Waals surface area contributed by atoms with Crippen LogP contribution in [0.2, 0.25) is 0 Å². The summed E-state index contributed by atoms with van der Waals surface area (Å²) in [4.78, 5) is 9.55. The lowest BCUT2D eigenvalue weighted by molar-refractivity contribution is 0.305. The Hall–Kier alpha value is -2.01. The molecule has 32 heavy (non-hydrogen) atoms. The molecule has 1 aromatic carbocycles. The van der Waals surface area contributed by atoms with E-state index in [1.54, 1.807) is 14.2 Å². The first-order valence-electron chi connectivity index (χ1n) is 10.9. The van der Waals surface area contributed by atoms with Gasteiger partial charge >= 0.3 is 0 Å². The largest absolute Gasteiger partial charge is 0.497 e. The molecule has 0 spiro atoms. The van der Waals surface area contributed by atoms with Crippen molar-refractivity contribution in [2.75, 3.05) is 54.5 Å². The molecule has 178 valence electrons. The third kappa shape index (κ3) is 6.50. The van der Waals surface area contributed by atoms with E-state index in [9.17, 15) is 0 Å². The fraction of sp³-hybridized carbons (Fsp3) is 0.565. The number of benzene rings is 1. The van der Waals surface area contributed by atoms with Gasteiger partial charge in [0.1, 0.15) is 11.5 Å². The third-order valence-electron chi connectivity index (χ3n) is 5.81. The van der Waals surface area contributed by atoms with Crippen molar-refractivity contribution in [3.05, 3.63) is 41.7 Å². The van der Waals surface area contributed by atoms with E-state index < -0.39 is 0 Å². The van der Waals surface area contributed by atoms with Gasteiger partial charge in [-0.25, -0.2) is 0 Å². The molecule has 0 radical (unpaired) electrons. The van der Waals surface area contributed by atoms with Crippen molar-refractivity contribution < 1.29 is 9.47 Å². The van der Waals surface area contributed by atoms with Gasteiger partial charge in [-0.1, -0.05) is 0 Å². The molecule has 2 heterocycles. The highest BCUT2D eigenvalue weighted by Crippen LogP contribution is 2.33. The fourth-order valence-electron chi connectivity index (χ4n) is 4.07. The van der Waals surface area contributed by atoms with Crippen LogP contribution in [0.1, 0.15) is 36.4 Å². The second-order valence-electron chi connectivity index (χ2n) is 8.20. The van der Waals surface area contributed by atoms with Gasteiger partial charge in [0.15, 0.2) is 5.96 Å². The molecular formula is C23H37IN6O2. The second-order valence-corrected chi connectivity index (χ2v) is 8.20. The van der Waals surface area contributed by atoms with E-state index in [1.807, 2.05) is 24.0 Å². The average Bonchev–Trinajstić information content (AvgIpc) is 3.42. The molecule has 1 aromatic heterocycles. The van der Waals surface area contributed by atoms with Crippen LogP contribution in [-0.4, -0.2) is 80.0 Å². The molecule has 0 saturated carbocycles. The zero-order valence-corrected chi connectivity index (χ0v) is 22.4. The van der Waals surface area contributed by atoms with Crippen molar-refractivity contribution in [1.82, 2.24) is 24.9 Å². The van der Waals surface area contributed by atoms with Gasteiger partial charge in [-0.05, 0) is 45.1 Å². The lowest BCUT2D eigenvalue weighted by Crippen LogP contribution is -2.40. The van der Waals surface area contributed by atoms with Crippen molar-refractivity contribution >= 4 is 29.9 Å². The van der Waals surface area contributed by atoms with Crippen molar-refractivity contribution in [3.63, 3.8) is 0 Å². The number of likely N-dealkylation sites (tertiary alicyclic amines) is 1. The van der Waals surface area contributed by atoms with E-state index in [1.165, 1.54) is 11.1 Å². The summed E-state index contributed by atoms with van der Waals surface area (Å²) in [6.45, 7) is 5.51. The van der Waals surface area contributed by atoms with E-state index in [2.05, 4.69) is 59.6 Å². The molecule has 2 aromatic rings. The minimum atomic E-state index is 0. The maximum absolute atomic E-state index is 5.46. The van der Waals surface area contributed by atoms with Crippen LogP contribution in [-0.2, 0) is 7.05 Å². The summed E-state index contributed by atoms with van der Waals surface area (Å²) in [6.07, 6.45) is 5.06. The highest BCUT2D eigenvalue weighted by atomic mass is 127. The van der Waals surface area contributed by atoms with Gasteiger partial charge in [-0.15, -0.1) is 24.0 Å². The van der Waals surface area contributed by atoms with Crippen LogP contribution >= 0.6 is 24.0 Å². The normalized spacial score (nSPS) is 17.3. The number of nitrogens with zero attached hydrogens (tertiary/aromatic N) is 5. The summed E-state index contributed by atoms with van der Waals surface area (Å²) in [5.41, 5.74) is 2.42. The van der Waals surface area contributed by atoms with E-state index in [-0.39, 0.29) is 30.0 Å². The maximum atomic E-state index is 5.46. The number of halogens is 1. The molecular weight excluding hydrogens is 519 g/mol. The summed E-state index contributed by atoms with van der Waals surface area (Å²) in [5, 5.41) is 7.81. The molecule has 8 nitrogen and oxygen atoms in total. The Bertz CT molecular complexity index is 863. The van der Waals surface area contributed by atoms with Crippen molar-refractivity contribution in [2.24, 2.45) is 12.0 Å². The molecule has 0 bridgehead atoms. The van der Waals surface area contributed by atoms with Crippen molar-refractivity contribution in [1.29, 1.82) is 0 Å². The predicted octanol–water partition coefficient (Wildman–Crippen LogP) is 3.11. The van der Waals surface area contributed by atoms with Crippen molar-refractivity contribution in [3.8, 4) is 11.5 Å². The van der Waals surface area contributed by atoms with Gasteiger partial charge in [-0.3, -0.25) is 9.67 Å². The first-order chi connectivity index (χ1) is 14.9. The number of ether oxygens (including phenoxy) is 2. The Labute approximate surface area is 209 Å². The minimum absolute atomic E-state index is 0. The molecule has 1 aliphatic heterocycles. The fourth-order valence-corrected chi connectivity index (χ4v) is 4.07. The number of hydrogen-bond acceptors (Lipinski definition) is 5. The quantitative estimate of drug-likeness (QED) is 0.306. The Morgan fingerprint density at radius 3 is 2.47 bits per heavy atom. The summed E-state index contributed by atoms with van der Waals surface area (Å²) in [6, 6.07) is 6.33. The number of aliphatic imine (C=N–C) groups is 1. The highest BCUT2D eigenvalue weighted by molar-refractivity contribution is 14.0. The molecule has 0 aliphatic carbocycles. The number of hydrogen-bond donors (Lipinski definition) is 1. The summed E-state index contributed by atoms with van der Waals surface area (Å²) >= 11 is 0. The number of likely N-dealkylation sites (N-methyl/N-ethyl adjacent to an activating group) is 1. The van der Waals surface area contributed by atoms with Crippen LogP contribution in [0.15, 0.2) is 35.6 Å². The lowest BCUT2D eigenvalue weighted by atomic mass is 9.98. The van der Waals surface area contributed by atoms with Crippen molar-refractivity contribution in [2.45, 2.75) is 25.3 Å². The Kier molecular flexibility index (Phi) is 10.1. The summed E-state index contributed by atoms with van der Waals surface area (Å²) in [7, 11) is 9.50.